The van der Waals surface area contributed by atoms with Crippen LogP contribution in [0.4, 0.5) is 0 Å². The normalized spacial score (nSPS) is 18.4. The Balaban J connectivity index is 1.94. The van der Waals surface area contributed by atoms with Crippen LogP contribution in [0.1, 0.15) is 31.4 Å². The molecule has 0 radical (unpaired) electrons. The molecule has 0 bridgehead atoms. The zero-order valence-electron chi connectivity index (χ0n) is 17.3. The Morgan fingerprint density at radius 1 is 1.30 bits per heavy atom. The van der Waals surface area contributed by atoms with Crippen molar-refractivity contribution in [1.82, 2.24) is 20.4 Å². The third kappa shape index (κ3) is 6.96. The molecular formula is C21H34N4O2. The molecule has 2 amide bonds. The number of hydrogen-bond acceptors (Lipinski definition) is 4. The first kappa shape index (κ1) is 21.4. The number of amides is 2. The lowest BCUT2D eigenvalue weighted by Crippen LogP contribution is -2.56. The molecule has 1 fully saturated rings. The molecule has 150 valence electrons. The van der Waals surface area contributed by atoms with E-state index in [1.807, 2.05) is 14.1 Å². The van der Waals surface area contributed by atoms with Crippen molar-refractivity contribution in [3.8, 4) is 0 Å². The van der Waals surface area contributed by atoms with Gasteiger partial charge in [0, 0.05) is 32.7 Å². The minimum absolute atomic E-state index is 0.0183. The second-order valence-corrected chi connectivity index (χ2v) is 8.65. The van der Waals surface area contributed by atoms with Crippen LogP contribution < -0.4 is 10.6 Å². The lowest BCUT2D eigenvalue weighted by Gasteiger charge is -2.35. The van der Waals surface area contributed by atoms with E-state index in [1.54, 1.807) is 0 Å². The summed E-state index contributed by atoms with van der Waals surface area (Å²) in [5.74, 6) is -0.131. The number of carbonyl (C=O) groups excluding carboxylic acids is 2. The molecule has 0 spiro atoms. The summed E-state index contributed by atoms with van der Waals surface area (Å²) in [6.45, 7) is 9.85. The molecule has 1 heterocycles. The Hall–Kier alpha value is -1.92. The number of benzene rings is 1. The first-order valence-electron chi connectivity index (χ1n) is 9.65. The Kier molecular flexibility index (Phi) is 7.39. The van der Waals surface area contributed by atoms with Crippen LogP contribution in [-0.4, -0.2) is 67.9 Å². The molecule has 1 saturated heterocycles. The standard InChI is InChI=1S/C21H34N4O2/c1-16-6-8-17(9-7-16)13-25-11-10-22-20(27)18(25)12-19(26)23-14-21(2,3)15-24(4)5/h6-9,18H,10-15H2,1-5H3,(H,22,27)(H,23,26). The van der Waals surface area contributed by atoms with Crippen molar-refractivity contribution in [3.63, 3.8) is 0 Å². The van der Waals surface area contributed by atoms with Crippen molar-refractivity contribution < 1.29 is 9.59 Å². The smallest absolute Gasteiger partial charge is 0.237 e. The highest BCUT2D eigenvalue weighted by atomic mass is 16.2. The number of aryl methyl sites for hydroxylation is 1. The van der Waals surface area contributed by atoms with Crippen LogP contribution in [0.15, 0.2) is 24.3 Å². The van der Waals surface area contributed by atoms with Gasteiger partial charge in [0.2, 0.25) is 11.8 Å². The maximum Gasteiger partial charge on any atom is 0.237 e. The summed E-state index contributed by atoms with van der Waals surface area (Å²) < 4.78 is 0. The number of rotatable bonds is 8. The van der Waals surface area contributed by atoms with Crippen molar-refractivity contribution in [1.29, 1.82) is 0 Å². The fourth-order valence-corrected chi connectivity index (χ4v) is 3.60. The van der Waals surface area contributed by atoms with Crippen LogP contribution in [-0.2, 0) is 16.1 Å². The molecule has 0 aliphatic carbocycles. The third-order valence-electron chi connectivity index (χ3n) is 4.84. The highest BCUT2D eigenvalue weighted by Gasteiger charge is 2.32. The Labute approximate surface area is 163 Å². The number of piperazine rings is 1. The van der Waals surface area contributed by atoms with Crippen LogP contribution in [0, 0.1) is 12.3 Å². The molecule has 1 aromatic carbocycles. The maximum atomic E-state index is 12.5. The van der Waals surface area contributed by atoms with Gasteiger partial charge in [-0.3, -0.25) is 14.5 Å². The SMILES string of the molecule is Cc1ccc(CN2CCNC(=O)C2CC(=O)NCC(C)(C)CN(C)C)cc1. The summed E-state index contributed by atoms with van der Waals surface area (Å²) in [6.07, 6.45) is 0.190. The van der Waals surface area contributed by atoms with Gasteiger partial charge in [0.05, 0.1) is 12.5 Å². The van der Waals surface area contributed by atoms with Crippen LogP contribution >= 0.6 is 0 Å². The highest BCUT2D eigenvalue weighted by molar-refractivity contribution is 5.88. The van der Waals surface area contributed by atoms with Gasteiger partial charge >= 0.3 is 0 Å². The first-order chi connectivity index (χ1) is 12.7. The lowest BCUT2D eigenvalue weighted by atomic mass is 9.93. The molecule has 6 nitrogen and oxygen atoms in total. The molecule has 0 aromatic heterocycles. The Morgan fingerprint density at radius 2 is 1.96 bits per heavy atom. The second-order valence-electron chi connectivity index (χ2n) is 8.65. The van der Waals surface area contributed by atoms with Gasteiger partial charge in [-0.15, -0.1) is 0 Å². The molecule has 1 unspecified atom stereocenters. The van der Waals surface area contributed by atoms with E-state index in [2.05, 4.69) is 65.5 Å². The summed E-state index contributed by atoms with van der Waals surface area (Å²) in [6, 6.07) is 7.91. The van der Waals surface area contributed by atoms with E-state index < -0.39 is 6.04 Å². The largest absolute Gasteiger partial charge is 0.355 e. The van der Waals surface area contributed by atoms with Gasteiger partial charge in [0.1, 0.15) is 0 Å². The Morgan fingerprint density at radius 3 is 2.59 bits per heavy atom. The monoisotopic (exact) mass is 374 g/mol. The van der Waals surface area contributed by atoms with Gasteiger partial charge in [0.25, 0.3) is 0 Å². The zero-order chi connectivity index (χ0) is 20.0. The fourth-order valence-electron chi connectivity index (χ4n) is 3.60. The van der Waals surface area contributed by atoms with Crippen LogP contribution in [0.25, 0.3) is 0 Å². The van der Waals surface area contributed by atoms with Crippen LogP contribution in [0.3, 0.4) is 0 Å². The van der Waals surface area contributed by atoms with Crippen LogP contribution in [0.5, 0.6) is 0 Å². The van der Waals surface area contributed by atoms with Crippen molar-refractivity contribution in [2.24, 2.45) is 5.41 Å². The predicted octanol–water partition coefficient (Wildman–Crippen LogP) is 1.39. The maximum absolute atomic E-state index is 12.5. The van der Waals surface area contributed by atoms with Crippen molar-refractivity contribution >= 4 is 11.8 Å². The molecule has 6 heteroatoms. The predicted molar refractivity (Wildman–Crippen MR) is 108 cm³/mol. The molecule has 1 aliphatic heterocycles. The van der Waals surface area contributed by atoms with Gasteiger partial charge in [-0.05, 0) is 32.0 Å². The number of hydrogen-bond donors (Lipinski definition) is 2. The number of nitrogens with zero attached hydrogens (tertiary/aromatic N) is 2. The summed E-state index contributed by atoms with van der Waals surface area (Å²) in [5.41, 5.74) is 2.36. The molecule has 2 rings (SSSR count). The summed E-state index contributed by atoms with van der Waals surface area (Å²) in [7, 11) is 4.05. The first-order valence-corrected chi connectivity index (χ1v) is 9.65. The lowest BCUT2D eigenvalue weighted by molar-refractivity contribution is -0.134. The fraction of sp³-hybridized carbons (Fsp3) is 0.619. The van der Waals surface area contributed by atoms with E-state index in [0.717, 1.165) is 18.7 Å². The topological polar surface area (TPSA) is 64.7 Å². The van der Waals surface area contributed by atoms with Gasteiger partial charge in [0.15, 0.2) is 0 Å². The number of nitrogens with one attached hydrogen (secondary N) is 2. The quantitative estimate of drug-likeness (QED) is 0.722. The van der Waals surface area contributed by atoms with E-state index >= 15 is 0 Å². The Bertz CT molecular complexity index is 640. The van der Waals surface area contributed by atoms with Crippen molar-refractivity contribution in [3.05, 3.63) is 35.4 Å². The third-order valence-corrected chi connectivity index (χ3v) is 4.84. The zero-order valence-corrected chi connectivity index (χ0v) is 17.3. The molecule has 1 aromatic rings. The molecular weight excluding hydrogens is 340 g/mol. The van der Waals surface area contributed by atoms with E-state index in [9.17, 15) is 9.59 Å². The van der Waals surface area contributed by atoms with E-state index in [1.165, 1.54) is 5.56 Å². The van der Waals surface area contributed by atoms with Crippen molar-refractivity contribution in [2.75, 3.05) is 40.3 Å². The molecule has 1 aliphatic rings. The minimum atomic E-state index is -0.419. The average Bonchev–Trinajstić information content (AvgIpc) is 2.57. The van der Waals surface area contributed by atoms with Crippen molar-refractivity contribution in [2.45, 2.75) is 39.8 Å². The van der Waals surface area contributed by atoms with Gasteiger partial charge in [-0.2, -0.15) is 0 Å². The summed E-state index contributed by atoms with van der Waals surface area (Å²) >= 11 is 0. The highest BCUT2D eigenvalue weighted by Crippen LogP contribution is 2.16. The van der Waals surface area contributed by atoms with E-state index in [0.29, 0.717) is 19.6 Å². The summed E-state index contributed by atoms with van der Waals surface area (Å²) in [5, 5.41) is 5.91. The van der Waals surface area contributed by atoms with E-state index in [4.69, 9.17) is 0 Å². The van der Waals surface area contributed by atoms with Crippen LogP contribution in [0.2, 0.25) is 0 Å². The molecule has 27 heavy (non-hydrogen) atoms. The molecule has 1 atom stereocenters. The molecule has 0 saturated carbocycles. The second kappa shape index (κ2) is 9.33. The van der Waals surface area contributed by atoms with Gasteiger partial charge in [-0.1, -0.05) is 43.7 Å². The minimum Gasteiger partial charge on any atom is -0.355 e. The number of carbonyl (C=O) groups is 2. The average molecular weight is 375 g/mol. The summed E-state index contributed by atoms with van der Waals surface area (Å²) in [4.78, 5) is 29.1. The van der Waals surface area contributed by atoms with Gasteiger partial charge < -0.3 is 15.5 Å². The van der Waals surface area contributed by atoms with E-state index in [-0.39, 0.29) is 23.7 Å². The molecule has 2 N–H and O–H groups in total. The van der Waals surface area contributed by atoms with Gasteiger partial charge in [-0.25, -0.2) is 0 Å².